The third kappa shape index (κ3) is 3.12. The first-order valence-electron chi connectivity index (χ1n) is 4.58. The van der Waals surface area contributed by atoms with Crippen molar-refractivity contribution in [2.45, 2.75) is 20.3 Å². The highest BCUT2D eigenvalue weighted by molar-refractivity contribution is 5.88. The molecule has 2 N–H and O–H groups in total. The Morgan fingerprint density at radius 3 is 2.33 bits per heavy atom. The van der Waals surface area contributed by atoms with E-state index in [2.05, 4.69) is 5.43 Å². The van der Waals surface area contributed by atoms with Crippen molar-refractivity contribution in [3.05, 3.63) is 24.5 Å². The Balaban J connectivity index is 2.53. The van der Waals surface area contributed by atoms with Gasteiger partial charge in [0.25, 0.3) is 0 Å². The molecule has 1 heterocycles. The molecule has 0 aliphatic carbocycles. The third-order valence-electron chi connectivity index (χ3n) is 2.04. The van der Waals surface area contributed by atoms with Gasteiger partial charge in [0, 0.05) is 18.8 Å². The van der Waals surface area contributed by atoms with Crippen LogP contribution in [0.1, 0.15) is 20.3 Å². The zero-order valence-corrected chi connectivity index (χ0v) is 8.73. The lowest BCUT2D eigenvalue weighted by molar-refractivity contribution is -0.149. The van der Waals surface area contributed by atoms with Crippen LogP contribution in [0.4, 0.5) is 0 Å². The Labute approximate surface area is 87.7 Å². The lowest BCUT2D eigenvalue weighted by Gasteiger charge is -2.18. The number of carboxylic acid groups (broad SMARTS) is 1. The molecule has 5 heteroatoms. The van der Waals surface area contributed by atoms with E-state index >= 15 is 0 Å². The first-order valence-corrected chi connectivity index (χ1v) is 4.58. The fourth-order valence-electron chi connectivity index (χ4n) is 1.07. The Morgan fingerprint density at radius 2 is 1.87 bits per heavy atom. The highest BCUT2D eigenvalue weighted by Crippen LogP contribution is 2.20. The van der Waals surface area contributed by atoms with Gasteiger partial charge in [-0.2, -0.15) is 0 Å². The van der Waals surface area contributed by atoms with Crippen LogP contribution in [0.5, 0.6) is 0 Å². The lowest BCUT2D eigenvalue weighted by Crippen LogP contribution is -2.32. The second-order valence-electron chi connectivity index (χ2n) is 3.99. The molecule has 0 aromatic carbocycles. The quantitative estimate of drug-likeness (QED) is 0.780. The molecule has 0 saturated heterocycles. The molecule has 0 spiro atoms. The number of aliphatic carboxylic acids is 1. The minimum Gasteiger partial charge on any atom is -0.481 e. The van der Waals surface area contributed by atoms with Crippen LogP contribution in [-0.2, 0) is 9.59 Å². The topological polar surface area (TPSA) is 71.3 Å². The van der Waals surface area contributed by atoms with Gasteiger partial charge in [-0.15, -0.1) is 0 Å². The molecule has 0 radical (unpaired) electrons. The summed E-state index contributed by atoms with van der Waals surface area (Å²) in [4.78, 5) is 22.2. The summed E-state index contributed by atoms with van der Waals surface area (Å²) < 4.78 is 1.49. The summed E-state index contributed by atoms with van der Waals surface area (Å²) in [5, 5.41) is 8.83. The average molecular weight is 210 g/mol. The number of hydrogen-bond acceptors (Lipinski definition) is 2. The molecule has 0 aliphatic heterocycles. The van der Waals surface area contributed by atoms with Crippen molar-refractivity contribution in [1.29, 1.82) is 0 Å². The van der Waals surface area contributed by atoms with Gasteiger partial charge in [-0.1, -0.05) is 0 Å². The number of amides is 1. The van der Waals surface area contributed by atoms with E-state index in [4.69, 9.17) is 5.11 Å². The number of aromatic nitrogens is 1. The summed E-state index contributed by atoms with van der Waals surface area (Å²) in [7, 11) is 0. The fraction of sp³-hybridized carbons (Fsp3) is 0.400. The van der Waals surface area contributed by atoms with Crippen LogP contribution < -0.4 is 5.43 Å². The van der Waals surface area contributed by atoms with E-state index in [-0.39, 0.29) is 12.3 Å². The van der Waals surface area contributed by atoms with Gasteiger partial charge in [-0.25, -0.2) is 0 Å². The van der Waals surface area contributed by atoms with Crippen LogP contribution in [0.25, 0.3) is 0 Å². The fourth-order valence-corrected chi connectivity index (χ4v) is 1.07. The number of rotatable bonds is 4. The van der Waals surface area contributed by atoms with Crippen molar-refractivity contribution in [3.8, 4) is 0 Å². The Morgan fingerprint density at radius 1 is 1.33 bits per heavy atom. The maximum atomic E-state index is 11.4. The molecule has 0 aliphatic rings. The van der Waals surface area contributed by atoms with Gasteiger partial charge < -0.3 is 5.11 Å². The third-order valence-corrected chi connectivity index (χ3v) is 2.04. The molecule has 0 saturated carbocycles. The molecule has 1 rings (SSSR count). The molecular weight excluding hydrogens is 196 g/mol. The summed E-state index contributed by atoms with van der Waals surface area (Å²) in [6.07, 6.45) is 3.29. The minimum atomic E-state index is -1.04. The second kappa shape index (κ2) is 4.16. The average Bonchev–Trinajstić information content (AvgIpc) is 2.54. The number of nitrogens with zero attached hydrogens (tertiary/aromatic N) is 1. The Bertz CT molecular complexity index is 355. The highest BCUT2D eigenvalue weighted by atomic mass is 16.4. The summed E-state index contributed by atoms with van der Waals surface area (Å²) in [5.41, 5.74) is 1.50. The molecule has 0 atom stereocenters. The van der Waals surface area contributed by atoms with Gasteiger partial charge in [0.1, 0.15) is 0 Å². The first-order chi connectivity index (χ1) is 6.92. The van der Waals surface area contributed by atoms with E-state index in [1.54, 1.807) is 24.5 Å². The Kier molecular flexibility index (Phi) is 3.14. The largest absolute Gasteiger partial charge is 0.481 e. The monoisotopic (exact) mass is 210 g/mol. The Hall–Kier alpha value is -1.78. The standard InChI is InChI=1S/C10H14N2O3/c1-10(2,9(14)15)7-8(13)11-12-5-3-4-6-12/h3-6H,7H2,1-2H3,(H,11,13)(H,14,15). The molecule has 15 heavy (non-hydrogen) atoms. The normalized spacial score (nSPS) is 11.1. The predicted octanol–water partition coefficient (Wildman–Crippen LogP) is 1.06. The van der Waals surface area contributed by atoms with Crippen molar-refractivity contribution >= 4 is 11.9 Å². The van der Waals surface area contributed by atoms with Crippen molar-refractivity contribution in [2.75, 3.05) is 5.43 Å². The molecule has 82 valence electrons. The number of carboxylic acids is 1. The zero-order chi connectivity index (χ0) is 11.5. The smallest absolute Gasteiger partial charge is 0.309 e. The minimum absolute atomic E-state index is 0.0550. The van der Waals surface area contributed by atoms with Gasteiger partial charge in [-0.05, 0) is 26.0 Å². The van der Waals surface area contributed by atoms with Gasteiger partial charge in [0.2, 0.25) is 5.91 Å². The molecule has 5 nitrogen and oxygen atoms in total. The van der Waals surface area contributed by atoms with Crippen molar-refractivity contribution in [3.63, 3.8) is 0 Å². The van der Waals surface area contributed by atoms with Crippen LogP contribution in [0.2, 0.25) is 0 Å². The van der Waals surface area contributed by atoms with Gasteiger partial charge >= 0.3 is 5.97 Å². The van der Waals surface area contributed by atoms with Crippen LogP contribution in [-0.4, -0.2) is 21.7 Å². The SMILES string of the molecule is CC(C)(CC(=O)Nn1cccc1)C(=O)O. The molecular formula is C10H14N2O3. The first kappa shape index (κ1) is 11.3. The summed E-state index contributed by atoms with van der Waals surface area (Å²) in [6, 6.07) is 3.53. The van der Waals surface area contributed by atoms with Crippen LogP contribution in [0, 0.1) is 5.41 Å². The molecule has 0 unspecified atom stereocenters. The van der Waals surface area contributed by atoms with Gasteiger partial charge in [0.05, 0.1) is 5.41 Å². The summed E-state index contributed by atoms with van der Waals surface area (Å²) in [6.45, 7) is 3.04. The predicted molar refractivity (Wildman–Crippen MR) is 54.8 cm³/mol. The van der Waals surface area contributed by atoms with Crippen molar-refractivity contribution in [2.24, 2.45) is 5.41 Å². The molecule has 1 aromatic heterocycles. The van der Waals surface area contributed by atoms with E-state index in [0.717, 1.165) is 0 Å². The number of nitrogens with one attached hydrogen (secondary N) is 1. The maximum Gasteiger partial charge on any atom is 0.309 e. The van der Waals surface area contributed by atoms with E-state index in [1.807, 2.05) is 0 Å². The zero-order valence-electron chi connectivity index (χ0n) is 8.73. The van der Waals surface area contributed by atoms with E-state index in [1.165, 1.54) is 18.5 Å². The van der Waals surface area contributed by atoms with Gasteiger partial charge in [0.15, 0.2) is 0 Å². The van der Waals surface area contributed by atoms with E-state index in [0.29, 0.717) is 0 Å². The molecule has 1 aromatic rings. The van der Waals surface area contributed by atoms with E-state index < -0.39 is 11.4 Å². The highest BCUT2D eigenvalue weighted by Gasteiger charge is 2.30. The summed E-state index contributed by atoms with van der Waals surface area (Å²) >= 11 is 0. The van der Waals surface area contributed by atoms with Crippen molar-refractivity contribution in [1.82, 2.24) is 4.68 Å². The second-order valence-corrected chi connectivity index (χ2v) is 3.99. The van der Waals surface area contributed by atoms with Crippen LogP contribution in [0.15, 0.2) is 24.5 Å². The number of carbonyl (C=O) groups is 2. The van der Waals surface area contributed by atoms with Crippen LogP contribution >= 0.6 is 0 Å². The molecule has 0 fully saturated rings. The van der Waals surface area contributed by atoms with Crippen LogP contribution in [0.3, 0.4) is 0 Å². The summed E-state index contributed by atoms with van der Waals surface area (Å²) in [5.74, 6) is -1.30. The van der Waals surface area contributed by atoms with Crippen molar-refractivity contribution < 1.29 is 14.7 Å². The molecule has 0 bridgehead atoms. The molecule has 1 amide bonds. The lowest BCUT2D eigenvalue weighted by atomic mass is 9.89. The van der Waals surface area contributed by atoms with E-state index in [9.17, 15) is 9.59 Å². The van der Waals surface area contributed by atoms with Gasteiger partial charge in [-0.3, -0.25) is 19.7 Å². The maximum absolute atomic E-state index is 11.4. The number of hydrogen-bond donors (Lipinski definition) is 2. The number of carbonyl (C=O) groups excluding carboxylic acids is 1.